The van der Waals surface area contributed by atoms with Crippen molar-refractivity contribution in [2.75, 3.05) is 11.4 Å². The average molecular weight is 390 g/mol. The molecule has 0 spiro atoms. The van der Waals surface area contributed by atoms with Crippen LogP contribution in [-0.2, 0) is 11.8 Å². The number of hydrogen-bond donors (Lipinski definition) is 0. The number of thiazole rings is 1. The number of benzene rings is 2. The van der Waals surface area contributed by atoms with Crippen LogP contribution in [0.25, 0.3) is 10.2 Å². The molecule has 1 aromatic heterocycles. The molecule has 3 heterocycles. The van der Waals surface area contributed by atoms with Crippen LogP contribution in [0.2, 0.25) is 0 Å². The first-order valence-electron chi connectivity index (χ1n) is 9.44. The number of rotatable bonds is 2. The highest BCUT2D eigenvalue weighted by Crippen LogP contribution is 2.48. The van der Waals surface area contributed by atoms with E-state index in [2.05, 4.69) is 11.0 Å². The number of para-hydroxylation sites is 1. The van der Waals surface area contributed by atoms with Gasteiger partial charge in [-0.15, -0.1) is 11.3 Å². The Morgan fingerprint density at radius 3 is 2.93 bits per heavy atom. The van der Waals surface area contributed by atoms with E-state index in [1.165, 1.54) is 0 Å². The monoisotopic (exact) mass is 390 g/mol. The van der Waals surface area contributed by atoms with Crippen molar-refractivity contribution in [3.8, 4) is 6.07 Å². The number of nitro groups is 1. The molecular formula is C21H18N4O2S. The van der Waals surface area contributed by atoms with E-state index in [1.54, 1.807) is 23.5 Å². The van der Waals surface area contributed by atoms with Gasteiger partial charge in [0.15, 0.2) is 0 Å². The van der Waals surface area contributed by atoms with Gasteiger partial charge in [-0.2, -0.15) is 5.26 Å². The standard InChI is InChI=1S/C21H18N4O2S/c22-13-21(20-23-16-5-1-2-6-18(16)28-20)12-14-11-15(25(26)27)8-9-17(14)24-10-4-3-7-19(21)24/h1-2,5-6,8-9,11,19H,3-4,7,10,12H2/t19-,21-/m0/s1. The molecule has 6 nitrogen and oxygen atoms in total. The van der Waals surface area contributed by atoms with Gasteiger partial charge in [-0.3, -0.25) is 10.1 Å². The molecule has 2 aromatic carbocycles. The molecule has 2 atom stereocenters. The molecule has 0 aliphatic carbocycles. The molecule has 0 saturated carbocycles. The van der Waals surface area contributed by atoms with Crippen molar-refractivity contribution < 1.29 is 4.92 Å². The highest BCUT2D eigenvalue weighted by atomic mass is 32.1. The van der Waals surface area contributed by atoms with Crippen LogP contribution in [0, 0.1) is 21.4 Å². The van der Waals surface area contributed by atoms with Crippen molar-refractivity contribution >= 4 is 32.9 Å². The normalized spacial score (nSPS) is 23.7. The number of nitrogens with zero attached hydrogens (tertiary/aromatic N) is 4. The van der Waals surface area contributed by atoms with Crippen LogP contribution in [0.15, 0.2) is 42.5 Å². The van der Waals surface area contributed by atoms with Gasteiger partial charge in [0.2, 0.25) is 0 Å². The molecule has 0 radical (unpaired) electrons. The molecule has 2 aliphatic rings. The summed E-state index contributed by atoms with van der Waals surface area (Å²) in [6, 6.07) is 15.7. The maximum absolute atomic E-state index is 11.3. The lowest BCUT2D eigenvalue weighted by molar-refractivity contribution is -0.384. The number of non-ortho nitro benzene ring substituents is 1. The minimum atomic E-state index is -0.785. The second kappa shape index (κ2) is 6.28. The molecule has 0 unspecified atom stereocenters. The lowest BCUT2D eigenvalue weighted by Crippen LogP contribution is -2.56. The van der Waals surface area contributed by atoms with E-state index in [0.717, 1.165) is 52.3 Å². The third-order valence-corrected chi connectivity index (χ3v) is 7.21. The SMILES string of the molecule is N#C[C@@]1(c2nc3ccccc3s2)Cc2cc([N+](=O)[O-])ccc2N2CCCC[C@H]21. The fraction of sp³-hybridized carbons (Fsp3) is 0.333. The summed E-state index contributed by atoms with van der Waals surface area (Å²) in [5, 5.41) is 22.5. The smallest absolute Gasteiger partial charge is 0.269 e. The predicted octanol–water partition coefficient (Wildman–Crippen LogP) is 4.58. The van der Waals surface area contributed by atoms with Gasteiger partial charge in [0.05, 0.1) is 27.3 Å². The van der Waals surface area contributed by atoms with E-state index < -0.39 is 5.41 Å². The van der Waals surface area contributed by atoms with E-state index in [4.69, 9.17) is 4.98 Å². The average Bonchev–Trinajstić information content (AvgIpc) is 3.17. The number of piperidine rings is 1. The Bertz CT molecular complexity index is 1100. The van der Waals surface area contributed by atoms with Gasteiger partial charge in [-0.25, -0.2) is 4.98 Å². The second-order valence-corrected chi connectivity index (χ2v) is 8.55. The van der Waals surface area contributed by atoms with E-state index in [1.807, 2.05) is 30.3 Å². The van der Waals surface area contributed by atoms with Crippen LogP contribution in [0.5, 0.6) is 0 Å². The van der Waals surface area contributed by atoms with Gasteiger partial charge < -0.3 is 4.90 Å². The number of fused-ring (bicyclic) bond motifs is 4. The van der Waals surface area contributed by atoms with Gasteiger partial charge >= 0.3 is 0 Å². The molecule has 2 aliphatic heterocycles. The minimum absolute atomic E-state index is 0.0424. The number of nitro benzene ring substituents is 1. The molecule has 0 N–H and O–H groups in total. The Kier molecular flexibility index (Phi) is 3.84. The van der Waals surface area contributed by atoms with Crippen molar-refractivity contribution in [2.45, 2.75) is 37.1 Å². The van der Waals surface area contributed by atoms with Crippen LogP contribution in [0.1, 0.15) is 29.8 Å². The molecule has 0 bridgehead atoms. The largest absolute Gasteiger partial charge is 0.366 e. The number of anilines is 1. The molecule has 1 saturated heterocycles. The van der Waals surface area contributed by atoms with Gasteiger partial charge in [0, 0.05) is 30.8 Å². The third kappa shape index (κ3) is 2.41. The summed E-state index contributed by atoms with van der Waals surface area (Å²) >= 11 is 1.57. The molecule has 5 rings (SSSR count). The maximum atomic E-state index is 11.3. The van der Waals surface area contributed by atoms with Crippen LogP contribution in [-0.4, -0.2) is 22.5 Å². The van der Waals surface area contributed by atoms with Gasteiger partial charge in [0.1, 0.15) is 10.4 Å². The summed E-state index contributed by atoms with van der Waals surface area (Å²) < 4.78 is 1.07. The first-order chi connectivity index (χ1) is 13.6. The maximum Gasteiger partial charge on any atom is 0.269 e. The summed E-state index contributed by atoms with van der Waals surface area (Å²) in [5.74, 6) is 0. The van der Waals surface area contributed by atoms with E-state index in [9.17, 15) is 15.4 Å². The lowest BCUT2D eigenvalue weighted by Gasteiger charge is -2.49. The van der Waals surface area contributed by atoms with Crippen LogP contribution < -0.4 is 4.90 Å². The van der Waals surface area contributed by atoms with Crippen LogP contribution in [0.4, 0.5) is 11.4 Å². The van der Waals surface area contributed by atoms with Crippen molar-refractivity contribution in [2.24, 2.45) is 0 Å². The first kappa shape index (κ1) is 17.1. The summed E-state index contributed by atoms with van der Waals surface area (Å²) in [6.45, 7) is 0.865. The van der Waals surface area contributed by atoms with Gasteiger partial charge in [-0.1, -0.05) is 12.1 Å². The van der Waals surface area contributed by atoms with Crippen molar-refractivity contribution in [1.82, 2.24) is 4.98 Å². The molecule has 28 heavy (non-hydrogen) atoms. The number of hydrogen-bond acceptors (Lipinski definition) is 6. The van der Waals surface area contributed by atoms with Crippen LogP contribution >= 0.6 is 11.3 Å². The predicted molar refractivity (Wildman–Crippen MR) is 109 cm³/mol. The van der Waals surface area contributed by atoms with E-state index in [0.29, 0.717) is 6.42 Å². The van der Waals surface area contributed by atoms with Crippen LogP contribution in [0.3, 0.4) is 0 Å². The Morgan fingerprint density at radius 1 is 1.29 bits per heavy atom. The molecule has 1 fully saturated rings. The quantitative estimate of drug-likeness (QED) is 0.472. The van der Waals surface area contributed by atoms with Crippen molar-refractivity contribution in [1.29, 1.82) is 5.26 Å². The fourth-order valence-electron chi connectivity index (χ4n) is 4.70. The molecular weight excluding hydrogens is 372 g/mol. The zero-order valence-electron chi connectivity index (χ0n) is 15.2. The van der Waals surface area contributed by atoms with Crippen molar-refractivity contribution in [3.63, 3.8) is 0 Å². The van der Waals surface area contributed by atoms with E-state index >= 15 is 0 Å². The highest BCUT2D eigenvalue weighted by molar-refractivity contribution is 7.18. The summed E-state index contributed by atoms with van der Waals surface area (Å²) in [6.07, 6.45) is 3.54. The molecule has 0 amide bonds. The minimum Gasteiger partial charge on any atom is -0.366 e. The fourth-order valence-corrected chi connectivity index (χ4v) is 5.85. The zero-order valence-corrected chi connectivity index (χ0v) is 16.0. The van der Waals surface area contributed by atoms with E-state index in [-0.39, 0.29) is 16.7 Å². The van der Waals surface area contributed by atoms with Gasteiger partial charge in [0.25, 0.3) is 5.69 Å². The van der Waals surface area contributed by atoms with Crippen molar-refractivity contribution in [3.05, 3.63) is 63.1 Å². The number of nitriles is 1. The zero-order chi connectivity index (χ0) is 19.3. The Labute approximate surface area is 166 Å². The Morgan fingerprint density at radius 2 is 2.14 bits per heavy atom. The number of aromatic nitrogens is 1. The molecule has 140 valence electrons. The Hall–Kier alpha value is -2.98. The van der Waals surface area contributed by atoms with Gasteiger partial charge in [-0.05, 0) is 43.0 Å². The lowest BCUT2D eigenvalue weighted by atomic mass is 9.69. The topological polar surface area (TPSA) is 83.1 Å². The highest BCUT2D eigenvalue weighted by Gasteiger charge is 2.51. The third-order valence-electron chi connectivity index (χ3n) is 6.00. The summed E-state index contributed by atoms with van der Waals surface area (Å²) in [7, 11) is 0. The first-order valence-corrected chi connectivity index (χ1v) is 10.3. The Balaban J connectivity index is 1.71. The molecule has 7 heteroatoms. The summed E-state index contributed by atoms with van der Waals surface area (Å²) in [4.78, 5) is 18.1. The second-order valence-electron chi connectivity index (χ2n) is 7.52. The summed E-state index contributed by atoms with van der Waals surface area (Å²) in [5.41, 5.74) is 2.09. The molecule has 3 aromatic rings.